The molecule has 1 atom stereocenters. The Hall–Kier alpha value is -4.52. The maximum Gasteiger partial charge on any atom is 0.573 e. The van der Waals surface area contributed by atoms with Crippen LogP contribution in [0, 0.1) is 11.2 Å². The van der Waals surface area contributed by atoms with Crippen LogP contribution in [0.2, 0.25) is 0 Å². The Morgan fingerprint density at radius 1 is 1.05 bits per heavy atom. The van der Waals surface area contributed by atoms with E-state index in [0.717, 1.165) is 17.7 Å². The second-order valence-corrected chi connectivity index (χ2v) is 8.31. The second-order valence-electron chi connectivity index (χ2n) is 7.90. The Labute approximate surface area is 227 Å². The standard InChI is InChI=1S/C26H24F4N6O2S/c1-16(19-7-12-23(37-2)22(27)13-19)35-25(39)36-34-14-17-3-5-18(6-4-17)24(31)33-15-32-20-8-10-21(11-9-20)38-26(28,29)30/h3-16H,1-2H3,(H2,31,32,33)(H2,35,36,39)/b34-14+. The average molecular weight is 561 g/mol. The van der Waals surface area contributed by atoms with Crippen molar-refractivity contribution in [3.8, 4) is 11.5 Å². The van der Waals surface area contributed by atoms with Gasteiger partial charge in [-0.1, -0.05) is 30.3 Å². The highest BCUT2D eigenvalue weighted by atomic mass is 32.1. The van der Waals surface area contributed by atoms with Crippen molar-refractivity contribution in [2.45, 2.75) is 19.3 Å². The third kappa shape index (κ3) is 9.38. The molecule has 0 radical (unpaired) electrons. The number of rotatable bonds is 9. The van der Waals surface area contributed by atoms with Gasteiger partial charge in [-0.2, -0.15) is 5.10 Å². The average Bonchev–Trinajstić information content (AvgIpc) is 2.89. The number of hydrogen-bond acceptors (Lipinski definition) is 5. The Morgan fingerprint density at radius 3 is 2.36 bits per heavy atom. The minimum absolute atomic E-state index is 0.0320. The summed E-state index contributed by atoms with van der Waals surface area (Å²) in [6.07, 6.45) is -1.96. The van der Waals surface area contributed by atoms with Gasteiger partial charge in [0, 0.05) is 11.3 Å². The third-order valence-corrected chi connectivity index (χ3v) is 5.31. The number of halogens is 4. The third-order valence-electron chi connectivity index (χ3n) is 5.10. The first-order valence-corrected chi connectivity index (χ1v) is 11.7. The molecule has 0 saturated carbocycles. The van der Waals surface area contributed by atoms with Gasteiger partial charge in [0.15, 0.2) is 22.5 Å². The van der Waals surface area contributed by atoms with Gasteiger partial charge in [0.25, 0.3) is 0 Å². The molecule has 0 aliphatic heterocycles. The first-order valence-electron chi connectivity index (χ1n) is 11.3. The molecule has 13 heteroatoms. The van der Waals surface area contributed by atoms with Gasteiger partial charge in [-0.05, 0) is 66.7 Å². The van der Waals surface area contributed by atoms with Crippen LogP contribution in [0.25, 0.3) is 0 Å². The monoisotopic (exact) mass is 560 g/mol. The summed E-state index contributed by atoms with van der Waals surface area (Å²) in [7, 11) is 1.40. The smallest absolute Gasteiger partial charge is 0.494 e. The number of amidine groups is 1. The van der Waals surface area contributed by atoms with Gasteiger partial charge >= 0.3 is 6.36 Å². The van der Waals surface area contributed by atoms with Crippen LogP contribution in [0.5, 0.6) is 11.5 Å². The van der Waals surface area contributed by atoms with Crippen LogP contribution in [0.3, 0.4) is 0 Å². The zero-order valence-corrected chi connectivity index (χ0v) is 21.5. The normalized spacial score (nSPS) is 12.3. The lowest BCUT2D eigenvalue weighted by Gasteiger charge is -2.16. The molecule has 1 unspecified atom stereocenters. The molecule has 3 aromatic rings. The molecule has 8 nitrogen and oxygen atoms in total. The van der Waals surface area contributed by atoms with E-state index in [-0.39, 0.29) is 28.5 Å². The molecule has 0 aliphatic rings. The summed E-state index contributed by atoms with van der Waals surface area (Å²) in [6.45, 7) is 1.83. The van der Waals surface area contributed by atoms with E-state index in [4.69, 9.17) is 22.4 Å². The van der Waals surface area contributed by atoms with E-state index in [2.05, 4.69) is 30.9 Å². The predicted octanol–water partition coefficient (Wildman–Crippen LogP) is 5.76. The molecule has 0 spiro atoms. The molecule has 0 heterocycles. The van der Waals surface area contributed by atoms with Crippen LogP contribution in [0.4, 0.5) is 23.2 Å². The van der Waals surface area contributed by atoms with Crippen molar-refractivity contribution in [2.75, 3.05) is 12.4 Å². The van der Waals surface area contributed by atoms with Crippen LogP contribution < -0.4 is 25.5 Å². The van der Waals surface area contributed by atoms with E-state index in [9.17, 15) is 17.6 Å². The van der Waals surface area contributed by atoms with Crippen LogP contribution >= 0.6 is 12.2 Å². The minimum atomic E-state index is -4.76. The molecule has 0 fully saturated rings. The van der Waals surface area contributed by atoms with Gasteiger partial charge in [0.2, 0.25) is 0 Å². The van der Waals surface area contributed by atoms with Crippen molar-refractivity contribution >= 4 is 41.4 Å². The maximum absolute atomic E-state index is 13.9. The van der Waals surface area contributed by atoms with E-state index in [1.807, 2.05) is 6.92 Å². The number of anilines is 1. The van der Waals surface area contributed by atoms with Crippen molar-refractivity contribution in [2.24, 2.45) is 10.1 Å². The molecular formula is C26H24F4N6O2S. The number of nitrogens with zero attached hydrogens (tertiary/aromatic N) is 2. The molecule has 39 heavy (non-hydrogen) atoms. The molecule has 0 saturated heterocycles. The maximum atomic E-state index is 13.9. The summed E-state index contributed by atoms with van der Waals surface area (Å²) in [5.41, 5.74) is 5.12. The fourth-order valence-corrected chi connectivity index (χ4v) is 3.38. The van der Waals surface area contributed by atoms with Crippen LogP contribution in [0.15, 0.2) is 76.8 Å². The van der Waals surface area contributed by atoms with Crippen LogP contribution in [-0.2, 0) is 0 Å². The molecule has 0 bridgehead atoms. The molecule has 3 rings (SSSR count). The van der Waals surface area contributed by atoms with E-state index < -0.39 is 12.2 Å². The zero-order chi connectivity index (χ0) is 28.4. The largest absolute Gasteiger partial charge is 0.573 e. The van der Waals surface area contributed by atoms with Crippen LogP contribution in [-0.4, -0.2) is 37.0 Å². The van der Waals surface area contributed by atoms with Crippen molar-refractivity contribution in [3.63, 3.8) is 0 Å². The lowest BCUT2D eigenvalue weighted by Crippen LogP contribution is -2.34. The SMILES string of the molecule is COc1ccc(C(C)NC(=S)N/N=C/c2ccc(C(=N)/N=C\Nc3ccc(OC(F)(F)F)cc3)cc2)cc1F. The molecule has 0 aliphatic carbocycles. The summed E-state index contributed by atoms with van der Waals surface area (Å²) in [5.74, 6) is -0.676. The lowest BCUT2D eigenvalue weighted by atomic mass is 10.1. The highest BCUT2D eigenvalue weighted by Gasteiger charge is 2.30. The summed E-state index contributed by atoms with van der Waals surface area (Å²) in [6, 6.07) is 16.3. The Balaban J connectivity index is 1.46. The van der Waals surface area contributed by atoms with Gasteiger partial charge in [-0.15, -0.1) is 13.2 Å². The second kappa shape index (κ2) is 13.3. The van der Waals surface area contributed by atoms with E-state index >= 15 is 0 Å². The fraction of sp³-hybridized carbons (Fsp3) is 0.154. The zero-order valence-electron chi connectivity index (χ0n) is 20.7. The number of hydrogen-bond donors (Lipinski definition) is 4. The summed E-state index contributed by atoms with van der Waals surface area (Å²) < 4.78 is 59.3. The van der Waals surface area contributed by atoms with Crippen LogP contribution in [0.1, 0.15) is 29.7 Å². The van der Waals surface area contributed by atoms with E-state index in [1.54, 1.807) is 36.4 Å². The number of hydrazone groups is 1. The number of methoxy groups -OCH3 is 1. The first-order chi connectivity index (χ1) is 18.5. The fourth-order valence-electron chi connectivity index (χ4n) is 3.16. The Bertz CT molecular complexity index is 1350. The molecule has 204 valence electrons. The highest BCUT2D eigenvalue weighted by Crippen LogP contribution is 2.24. The van der Waals surface area contributed by atoms with E-state index in [1.165, 1.54) is 37.9 Å². The van der Waals surface area contributed by atoms with Crippen molar-refractivity contribution in [3.05, 3.63) is 89.2 Å². The quantitative estimate of drug-likeness (QED) is 0.0873. The summed E-state index contributed by atoms with van der Waals surface area (Å²) in [5, 5.41) is 18.2. The Morgan fingerprint density at radius 2 is 1.74 bits per heavy atom. The first kappa shape index (κ1) is 29.0. The number of ether oxygens (including phenoxy) is 2. The molecule has 0 aromatic heterocycles. The van der Waals surface area contributed by atoms with Crippen molar-refractivity contribution < 1.29 is 27.0 Å². The number of nitrogens with one attached hydrogen (secondary N) is 4. The highest BCUT2D eigenvalue weighted by molar-refractivity contribution is 7.80. The van der Waals surface area contributed by atoms with Crippen molar-refractivity contribution in [1.29, 1.82) is 5.41 Å². The summed E-state index contributed by atoms with van der Waals surface area (Å²) in [4.78, 5) is 3.99. The van der Waals surface area contributed by atoms with Gasteiger partial charge in [0.1, 0.15) is 5.75 Å². The molecule has 3 aromatic carbocycles. The van der Waals surface area contributed by atoms with E-state index in [0.29, 0.717) is 16.8 Å². The minimum Gasteiger partial charge on any atom is -0.494 e. The number of benzene rings is 3. The van der Waals surface area contributed by atoms with Gasteiger partial charge in [-0.25, -0.2) is 9.38 Å². The van der Waals surface area contributed by atoms with Gasteiger partial charge in [0.05, 0.1) is 25.7 Å². The summed E-state index contributed by atoms with van der Waals surface area (Å²) >= 11 is 5.23. The lowest BCUT2D eigenvalue weighted by molar-refractivity contribution is -0.274. The molecule has 4 N–H and O–H groups in total. The van der Waals surface area contributed by atoms with Gasteiger partial charge in [-0.3, -0.25) is 10.8 Å². The number of alkyl halides is 3. The number of thiocarbonyl (C=S) groups is 1. The number of aliphatic imine (C=N–C) groups is 1. The van der Waals surface area contributed by atoms with Crippen molar-refractivity contribution in [1.82, 2.24) is 10.7 Å². The predicted molar refractivity (Wildman–Crippen MR) is 146 cm³/mol. The topological polar surface area (TPSA) is 103 Å². The molecular weight excluding hydrogens is 536 g/mol. The Kier molecular flexibility index (Phi) is 9.92. The molecule has 0 amide bonds. The van der Waals surface area contributed by atoms with Gasteiger partial charge < -0.3 is 20.1 Å².